The summed E-state index contributed by atoms with van der Waals surface area (Å²) in [4.78, 5) is 14.3. The van der Waals surface area contributed by atoms with E-state index in [1.54, 1.807) is 11.0 Å². The van der Waals surface area contributed by atoms with Gasteiger partial charge in [-0.05, 0) is 36.2 Å². The highest BCUT2D eigenvalue weighted by Gasteiger charge is 2.30. The van der Waals surface area contributed by atoms with Gasteiger partial charge in [0.25, 0.3) is 5.91 Å². The average molecular weight is 387 g/mol. The molecule has 3 aromatic rings. The normalized spacial score (nSPS) is 18.3. The highest BCUT2D eigenvalue weighted by Crippen LogP contribution is 2.32. The molecule has 2 N–H and O–H groups in total. The Morgan fingerprint density at radius 3 is 2.72 bits per heavy atom. The first-order valence-electron chi connectivity index (χ1n) is 9.47. The lowest BCUT2D eigenvalue weighted by atomic mass is 10.1. The molecular formula is C22H21N5O2. The summed E-state index contributed by atoms with van der Waals surface area (Å²) in [7, 11) is 0. The van der Waals surface area contributed by atoms with Gasteiger partial charge in [0.15, 0.2) is 6.19 Å². The van der Waals surface area contributed by atoms with E-state index in [-0.39, 0.29) is 17.9 Å². The second-order valence-corrected chi connectivity index (χ2v) is 7.14. The van der Waals surface area contributed by atoms with Gasteiger partial charge >= 0.3 is 0 Å². The van der Waals surface area contributed by atoms with Crippen molar-refractivity contribution in [2.45, 2.75) is 13.0 Å². The van der Waals surface area contributed by atoms with E-state index in [1.165, 1.54) is 0 Å². The van der Waals surface area contributed by atoms with Crippen molar-refractivity contribution < 1.29 is 9.53 Å². The molecule has 146 valence electrons. The third-order valence-corrected chi connectivity index (χ3v) is 5.03. The molecule has 1 saturated heterocycles. The summed E-state index contributed by atoms with van der Waals surface area (Å²) in [6.45, 7) is 3.20. The number of carbonyl (C=O) groups is 1. The molecule has 1 aliphatic heterocycles. The van der Waals surface area contributed by atoms with Gasteiger partial charge in [0.1, 0.15) is 17.2 Å². The van der Waals surface area contributed by atoms with E-state index >= 15 is 0 Å². The number of ether oxygens (including phenoxy) is 1. The lowest BCUT2D eigenvalue weighted by Gasteiger charge is -2.14. The highest BCUT2D eigenvalue weighted by molar-refractivity contribution is 5.93. The Labute approximate surface area is 168 Å². The molecule has 1 aliphatic rings. The zero-order valence-corrected chi connectivity index (χ0v) is 16.0. The summed E-state index contributed by atoms with van der Waals surface area (Å²) in [5.41, 5.74) is 1.79. The van der Waals surface area contributed by atoms with Crippen LogP contribution >= 0.6 is 0 Å². The number of likely N-dealkylation sites (tertiary alicyclic amines) is 1. The van der Waals surface area contributed by atoms with Gasteiger partial charge in [-0.1, -0.05) is 37.3 Å². The Morgan fingerprint density at radius 1 is 1.21 bits per heavy atom. The molecule has 0 spiro atoms. The quantitative estimate of drug-likeness (QED) is 0.655. The zero-order chi connectivity index (χ0) is 20.2. The molecule has 4 rings (SSSR count). The molecule has 1 fully saturated rings. The number of nitrogens with one attached hydrogen (secondary N) is 2. The maximum Gasteiger partial charge on any atom is 0.269 e. The summed E-state index contributed by atoms with van der Waals surface area (Å²) in [6, 6.07) is 18.7. The molecule has 2 aromatic carbocycles. The van der Waals surface area contributed by atoms with Crippen LogP contribution in [0.1, 0.15) is 17.4 Å². The van der Waals surface area contributed by atoms with Gasteiger partial charge in [0.2, 0.25) is 0 Å². The van der Waals surface area contributed by atoms with Gasteiger partial charge < -0.3 is 15.0 Å². The molecule has 0 bridgehead atoms. The lowest BCUT2D eigenvalue weighted by Crippen LogP contribution is -2.39. The van der Waals surface area contributed by atoms with Crippen LogP contribution < -0.4 is 10.1 Å². The molecular weight excluding hydrogens is 366 g/mol. The van der Waals surface area contributed by atoms with Crippen LogP contribution in [0.2, 0.25) is 0 Å². The minimum absolute atomic E-state index is 0.0670. The molecule has 7 nitrogen and oxygen atoms in total. The number of aromatic amines is 1. The first-order valence-corrected chi connectivity index (χ1v) is 9.47. The number of amides is 1. The minimum Gasteiger partial charge on any atom is -0.457 e. The predicted octanol–water partition coefficient (Wildman–Crippen LogP) is 3.40. The monoisotopic (exact) mass is 387 g/mol. The number of rotatable bonds is 5. The van der Waals surface area contributed by atoms with Crippen LogP contribution in [0.5, 0.6) is 11.5 Å². The van der Waals surface area contributed by atoms with Gasteiger partial charge in [0.05, 0.1) is 11.7 Å². The van der Waals surface area contributed by atoms with Gasteiger partial charge in [-0.25, -0.2) is 0 Å². The van der Waals surface area contributed by atoms with Crippen molar-refractivity contribution in [1.82, 2.24) is 20.4 Å². The van der Waals surface area contributed by atoms with E-state index in [9.17, 15) is 4.79 Å². The molecule has 2 heterocycles. The number of hydrogen-bond acceptors (Lipinski definition) is 5. The van der Waals surface area contributed by atoms with E-state index < -0.39 is 0 Å². The Balaban J connectivity index is 1.51. The molecule has 7 heteroatoms. The SMILES string of the molecule is CC1CN(C#N)CC1NC(=O)c1cc(-c2ccccc2Oc2ccccc2)n[nH]1. The van der Waals surface area contributed by atoms with E-state index in [0.29, 0.717) is 30.2 Å². The molecule has 0 aliphatic carbocycles. The smallest absolute Gasteiger partial charge is 0.269 e. The molecule has 0 saturated carbocycles. The third kappa shape index (κ3) is 4.06. The Morgan fingerprint density at radius 2 is 1.97 bits per heavy atom. The third-order valence-electron chi connectivity index (χ3n) is 5.03. The maximum atomic E-state index is 12.6. The van der Waals surface area contributed by atoms with Crippen molar-refractivity contribution in [2.75, 3.05) is 13.1 Å². The van der Waals surface area contributed by atoms with Crippen LogP contribution in [0.3, 0.4) is 0 Å². The summed E-state index contributed by atoms with van der Waals surface area (Å²) < 4.78 is 5.99. The van der Waals surface area contributed by atoms with Crippen LogP contribution in [-0.4, -0.2) is 40.1 Å². The van der Waals surface area contributed by atoms with Crippen molar-refractivity contribution in [3.63, 3.8) is 0 Å². The van der Waals surface area contributed by atoms with Crippen molar-refractivity contribution in [1.29, 1.82) is 5.26 Å². The molecule has 2 atom stereocenters. The molecule has 29 heavy (non-hydrogen) atoms. The van der Waals surface area contributed by atoms with Crippen molar-refractivity contribution in [2.24, 2.45) is 5.92 Å². The van der Waals surface area contributed by atoms with Crippen LogP contribution in [0.4, 0.5) is 0 Å². The fourth-order valence-corrected chi connectivity index (χ4v) is 3.44. The number of aromatic nitrogens is 2. The average Bonchev–Trinajstić information content (AvgIpc) is 3.36. The number of carbonyl (C=O) groups excluding carboxylic acids is 1. The van der Waals surface area contributed by atoms with E-state index in [4.69, 9.17) is 10.00 Å². The van der Waals surface area contributed by atoms with E-state index in [0.717, 1.165) is 11.3 Å². The fourth-order valence-electron chi connectivity index (χ4n) is 3.44. The number of H-pyrrole nitrogens is 1. The summed E-state index contributed by atoms with van der Waals surface area (Å²) in [5, 5.41) is 19.2. The number of nitrogens with zero attached hydrogens (tertiary/aromatic N) is 3. The van der Waals surface area contributed by atoms with Crippen LogP contribution in [-0.2, 0) is 0 Å². The Kier molecular flexibility index (Phi) is 5.16. The van der Waals surface area contributed by atoms with Crippen LogP contribution in [0.15, 0.2) is 60.7 Å². The van der Waals surface area contributed by atoms with Crippen LogP contribution in [0.25, 0.3) is 11.3 Å². The molecule has 0 radical (unpaired) electrons. The minimum atomic E-state index is -0.234. The van der Waals surface area contributed by atoms with Gasteiger partial charge in [0, 0.05) is 18.7 Å². The number of hydrogen-bond donors (Lipinski definition) is 2. The highest BCUT2D eigenvalue weighted by atomic mass is 16.5. The Hall–Kier alpha value is -3.79. The van der Waals surface area contributed by atoms with Crippen molar-refractivity contribution in [3.8, 4) is 28.9 Å². The number of nitriles is 1. The largest absolute Gasteiger partial charge is 0.457 e. The van der Waals surface area contributed by atoms with E-state index in [2.05, 4.69) is 21.7 Å². The second-order valence-electron chi connectivity index (χ2n) is 7.14. The van der Waals surface area contributed by atoms with Gasteiger partial charge in [-0.2, -0.15) is 10.4 Å². The summed E-state index contributed by atoms with van der Waals surface area (Å²) >= 11 is 0. The first-order chi connectivity index (χ1) is 14.1. The van der Waals surface area contributed by atoms with Crippen LogP contribution in [0, 0.1) is 17.4 Å². The molecule has 1 aromatic heterocycles. The second kappa shape index (κ2) is 8.07. The molecule has 1 amide bonds. The topological polar surface area (TPSA) is 94.0 Å². The fraction of sp³-hybridized carbons (Fsp3) is 0.227. The standard InChI is InChI=1S/C22H21N5O2/c1-15-12-27(14-23)13-20(15)24-22(28)19-11-18(25-26-19)17-9-5-6-10-21(17)29-16-7-3-2-4-8-16/h2-11,15,20H,12-13H2,1H3,(H,24,28)(H,25,26). The number of para-hydroxylation sites is 2. The van der Waals surface area contributed by atoms with Crippen molar-refractivity contribution >= 4 is 5.91 Å². The van der Waals surface area contributed by atoms with E-state index in [1.807, 2.05) is 61.5 Å². The zero-order valence-electron chi connectivity index (χ0n) is 16.0. The van der Waals surface area contributed by atoms with Gasteiger partial charge in [-0.3, -0.25) is 9.89 Å². The summed E-state index contributed by atoms with van der Waals surface area (Å²) in [5.74, 6) is 1.36. The number of benzene rings is 2. The first kappa shape index (κ1) is 18.6. The maximum absolute atomic E-state index is 12.6. The lowest BCUT2D eigenvalue weighted by molar-refractivity contribution is 0.0927. The van der Waals surface area contributed by atoms with Crippen molar-refractivity contribution in [3.05, 3.63) is 66.4 Å². The molecule has 2 unspecified atom stereocenters. The van der Waals surface area contributed by atoms with Gasteiger partial charge in [-0.15, -0.1) is 0 Å². The summed E-state index contributed by atoms with van der Waals surface area (Å²) in [6.07, 6.45) is 2.14. The Bertz CT molecular complexity index is 1040. The predicted molar refractivity (Wildman–Crippen MR) is 108 cm³/mol.